The zero-order chi connectivity index (χ0) is 33.9. The average molecular weight is 692 g/mol. The van der Waals surface area contributed by atoms with E-state index in [1.807, 2.05) is 41.1 Å². The molecule has 0 bridgehead atoms. The Labute approximate surface area is 288 Å². The third-order valence-electron chi connectivity index (χ3n) is 7.68. The van der Waals surface area contributed by atoms with Gasteiger partial charge in [-0.25, -0.2) is 19.6 Å². The molecule has 1 aliphatic heterocycles. The molecule has 1 fully saturated rings. The first-order chi connectivity index (χ1) is 23.8. The van der Waals surface area contributed by atoms with Crippen molar-refractivity contribution < 1.29 is 14.4 Å². The van der Waals surface area contributed by atoms with Crippen LogP contribution in [0.1, 0.15) is 30.6 Å². The summed E-state index contributed by atoms with van der Waals surface area (Å²) < 4.78 is 1.47. The molecule has 2 N–H and O–H groups in total. The maximum absolute atomic E-state index is 12.9. The molecule has 6 heterocycles. The number of nitrogens with one attached hydrogen (secondary N) is 2. The molecule has 7 rings (SSSR count). The number of tetrazole rings is 1. The fraction of sp³-hybridized carbons (Fsp3) is 0.212. The van der Waals surface area contributed by atoms with Crippen molar-refractivity contribution in [2.45, 2.75) is 20.3 Å². The van der Waals surface area contributed by atoms with Crippen LogP contribution in [-0.4, -0.2) is 75.9 Å². The van der Waals surface area contributed by atoms with Gasteiger partial charge in [0.1, 0.15) is 17.7 Å². The topological polar surface area (TPSA) is 174 Å². The summed E-state index contributed by atoms with van der Waals surface area (Å²) in [6.07, 6.45) is 3.40. The fourth-order valence-electron chi connectivity index (χ4n) is 5.34. The summed E-state index contributed by atoms with van der Waals surface area (Å²) in [5.74, 6) is -0.539. The van der Waals surface area contributed by atoms with Crippen molar-refractivity contribution in [3.05, 3.63) is 83.4 Å². The van der Waals surface area contributed by atoms with E-state index >= 15 is 0 Å². The van der Waals surface area contributed by atoms with E-state index in [0.29, 0.717) is 69.0 Å². The van der Waals surface area contributed by atoms with E-state index in [0.717, 1.165) is 5.56 Å². The largest absolute Gasteiger partial charge is 0.342 e. The van der Waals surface area contributed by atoms with Gasteiger partial charge in [0.15, 0.2) is 10.3 Å². The van der Waals surface area contributed by atoms with Crippen LogP contribution >= 0.6 is 22.7 Å². The van der Waals surface area contributed by atoms with Crippen LogP contribution < -0.4 is 10.6 Å². The molecule has 6 aromatic rings. The first kappa shape index (κ1) is 31.8. The minimum Gasteiger partial charge on any atom is -0.342 e. The second kappa shape index (κ2) is 13.8. The van der Waals surface area contributed by atoms with Gasteiger partial charge in [-0.05, 0) is 58.8 Å². The maximum Gasteiger partial charge on any atom is 0.257 e. The lowest BCUT2D eigenvalue weighted by Crippen LogP contribution is -2.31. The van der Waals surface area contributed by atoms with E-state index in [2.05, 4.69) is 55.0 Å². The van der Waals surface area contributed by atoms with E-state index in [1.165, 1.54) is 33.7 Å². The van der Waals surface area contributed by atoms with Crippen molar-refractivity contribution in [1.29, 1.82) is 0 Å². The monoisotopic (exact) mass is 691 g/mol. The average Bonchev–Trinajstić information content (AvgIpc) is 3.94. The van der Waals surface area contributed by atoms with E-state index in [1.54, 1.807) is 35.4 Å². The first-order valence-electron chi connectivity index (χ1n) is 15.4. The summed E-state index contributed by atoms with van der Waals surface area (Å²) in [6, 6.07) is 16.4. The van der Waals surface area contributed by atoms with Crippen molar-refractivity contribution in [2.24, 2.45) is 11.8 Å². The Morgan fingerprint density at radius 1 is 0.898 bits per heavy atom. The SMILES string of the molecule is CC(C)CN1CC(C(=O)Nc2nc(-c3cccc(-c4ccc(-c5csc(NC(=O)c6cccc(-n7cnnn7)c6)n5)nc4)n3)cs2)CC1=O. The van der Waals surface area contributed by atoms with Gasteiger partial charge in [0, 0.05) is 47.6 Å². The highest BCUT2D eigenvalue weighted by Gasteiger charge is 2.34. The minimum absolute atomic E-state index is 0.0128. The first-order valence-corrected chi connectivity index (χ1v) is 17.1. The van der Waals surface area contributed by atoms with Crippen molar-refractivity contribution in [1.82, 2.24) is 45.0 Å². The molecule has 5 aromatic heterocycles. The second-order valence-electron chi connectivity index (χ2n) is 11.8. The molecule has 1 unspecified atom stereocenters. The lowest BCUT2D eigenvalue weighted by molar-refractivity contribution is -0.128. The van der Waals surface area contributed by atoms with Gasteiger partial charge in [-0.1, -0.05) is 26.0 Å². The Morgan fingerprint density at radius 3 is 2.39 bits per heavy atom. The predicted molar refractivity (Wildman–Crippen MR) is 185 cm³/mol. The number of amides is 3. The zero-order valence-electron chi connectivity index (χ0n) is 26.3. The van der Waals surface area contributed by atoms with E-state index in [-0.39, 0.29) is 24.1 Å². The van der Waals surface area contributed by atoms with Gasteiger partial charge in [0.25, 0.3) is 5.91 Å². The Morgan fingerprint density at radius 2 is 1.65 bits per heavy atom. The van der Waals surface area contributed by atoms with Crippen molar-refractivity contribution in [2.75, 3.05) is 23.7 Å². The number of hydrogen-bond donors (Lipinski definition) is 2. The number of thiazole rings is 2. The molecule has 0 radical (unpaired) electrons. The number of carbonyl (C=O) groups is 3. The molecular weight excluding hydrogens is 663 g/mol. The van der Waals surface area contributed by atoms with Gasteiger partial charge < -0.3 is 10.2 Å². The summed E-state index contributed by atoms with van der Waals surface area (Å²) in [6.45, 7) is 5.19. The number of anilines is 2. The number of likely N-dealkylation sites (tertiary alicyclic amines) is 1. The lowest BCUT2D eigenvalue weighted by Gasteiger charge is -2.18. The van der Waals surface area contributed by atoms with Gasteiger partial charge in [-0.2, -0.15) is 0 Å². The molecule has 16 heteroatoms. The summed E-state index contributed by atoms with van der Waals surface area (Å²) in [5.41, 5.74) is 5.18. The molecule has 49 heavy (non-hydrogen) atoms. The van der Waals surface area contributed by atoms with Crippen LogP contribution in [0.2, 0.25) is 0 Å². The normalized spacial score (nSPS) is 14.4. The highest BCUT2D eigenvalue weighted by molar-refractivity contribution is 7.14. The van der Waals surface area contributed by atoms with Gasteiger partial charge in [-0.3, -0.25) is 24.7 Å². The smallest absolute Gasteiger partial charge is 0.257 e. The zero-order valence-corrected chi connectivity index (χ0v) is 28.0. The Kier molecular flexibility index (Phi) is 8.95. The van der Waals surface area contributed by atoms with Gasteiger partial charge in [0.05, 0.1) is 28.7 Å². The summed E-state index contributed by atoms with van der Waals surface area (Å²) >= 11 is 2.62. The van der Waals surface area contributed by atoms with E-state index < -0.39 is 5.92 Å². The Hall–Kier alpha value is -5.74. The molecule has 246 valence electrons. The van der Waals surface area contributed by atoms with Crippen LogP contribution in [0.15, 0.2) is 77.9 Å². The molecule has 1 aromatic carbocycles. The minimum atomic E-state index is -0.391. The van der Waals surface area contributed by atoms with Crippen molar-refractivity contribution in [3.8, 4) is 39.7 Å². The fourth-order valence-corrected chi connectivity index (χ4v) is 6.75. The van der Waals surface area contributed by atoms with Crippen LogP contribution in [0, 0.1) is 11.8 Å². The number of aromatic nitrogens is 8. The van der Waals surface area contributed by atoms with Gasteiger partial charge in [0.2, 0.25) is 11.8 Å². The Balaban J connectivity index is 0.983. The Bertz CT molecular complexity index is 2130. The highest BCUT2D eigenvalue weighted by Crippen LogP contribution is 2.29. The number of pyridine rings is 2. The highest BCUT2D eigenvalue weighted by atomic mass is 32.1. The lowest BCUT2D eigenvalue weighted by atomic mass is 10.1. The molecule has 1 atom stereocenters. The third kappa shape index (κ3) is 7.24. The molecular formula is C33H29N11O3S2. The van der Waals surface area contributed by atoms with Gasteiger partial charge in [-0.15, -0.1) is 27.8 Å². The van der Waals surface area contributed by atoms with Crippen molar-refractivity contribution >= 4 is 50.7 Å². The number of carbonyl (C=O) groups excluding carboxylic acids is 3. The van der Waals surface area contributed by atoms with Crippen LogP contribution in [0.25, 0.3) is 39.7 Å². The summed E-state index contributed by atoms with van der Waals surface area (Å²) in [4.78, 5) is 58.4. The summed E-state index contributed by atoms with van der Waals surface area (Å²) in [7, 11) is 0. The number of benzene rings is 1. The van der Waals surface area contributed by atoms with Crippen LogP contribution in [-0.2, 0) is 9.59 Å². The standard InChI is InChI=1S/C33H29N11O3S2/c1-19(2)14-43-15-22(12-29(43)45)31(47)40-33-38-28(17-49-33)26-8-4-7-24(36-26)21-9-10-25(34-13-21)27-16-48-32(37-27)39-30(46)20-5-3-6-23(11-20)44-18-35-41-42-44/h3-11,13,16-19,22H,12,14-15H2,1-2H3,(H,37,39,46)(H,38,40,47). The second-order valence-corrected chi connectivity index (χ2v) is 13.5. The molecule has 1 aliphatic rings. The van der Waals surface area contributed by atoms with Crippen molar-refractivity contribution in [3.63, 3.8) is 0 Å². The van der Waals surface area contributed by atoms with E-state index in [4.69, 9.17) is 4.98 Å². The quantitative estimate of drug-likeness (QED) is 0.198. The number of nitrogens with zero attached hydrogens (tertiary/aromatic N) is 9. The summed E-state index contributed by atoms with van der Waals surface area (Å²) in [5, 5.41) is 21.4. The molecule has 1 saturated heterocycles. The third-order valence-corrected chi connectivity index (χ3v) is 9.20. The molecule has 0 spiro atoms. The predicted octanol–water partition coefficient (Wildman–Crippen LogP) is 5.06. The van der Waals surface area contributed by atoms with E-state index in [9.17, 15) is 14.4 Å². The molecule has 3 amide bonds. The van der Waals surface area contributed by atoms with Gasteiger partial charge >= 0.3 is 0 Å². The molecule has 0 aliphatic carbocycles. The number of rotatable bonds is 10. The number of hydrogen-bond acceptors (Lipinski definition) is 12. The van der Waals surface area contributed by atoms with Crippen LogP contribution in [0.5, 0.6) is 0 Å². The van der Waals surface area contributed by atoms with Crippen LogP contribution in [0.4, 0.5) is 10.3 Å². The molecule has 0 saturated carbocycles. The maximum atomic E-state index is 12.9. The van der Waals surface area contributed by atoms with Crippen LogP contribution in [0.3, 0.4) is 0 Å². The molecule has 14 nitrogen and oxygen atoms in total.